The Kier molecular flexibility index (Phi) is 6.25. The smallest absolute Gasteiger partial charge is 0.296 e. The molecule has 1 atom stereocenters. The van der Waals surface area contributed by atoms with Crippen LogP contribution in [0.25, 0.3) is 5.76 Å². The van der Waals surface area contributed by atoms with Crippen LogP contribution in [-0.2, 0) is 22.7 Å². The molecule has 176 valence electrons. The maximum absolute atomic E-state index is 13.1. The van der Waals surface area contributed by atoms with Crippen molar-refractivity contribution in [3.05, 3.63) is 117 Å². The Labute approximate surface area is 206 Å². The van der Waals surface area contributed by atoms with Gasteiger partial charge in [0.2, 0.25) is 0 Å². The van der Waals surface area contributed by atoms with E-state index >= 15 is 0 Å². The molecule has 2 aromatic heterocycles. The highest BCUT2D eigenvalue weighted by molar-refractivity contribution is 7.09. The molecule has 0 saturated carbocycles. The number of nitrogens with zero attached hydrogens (tertiary/aromatic N) is 1. The largest absolute Gasteiger partial charge is 0.507 e. The molecule has 1 saturated heterocycles. The van der Waals surface area contributed by atoms with E-state index in [9.17, 15) is 14.7 Å². The molecular formula is C28H23NO5S. The normalized spacial score (nSPS) is 17.2. The molecule has 0 bridgehead atoms. The van der Waals surface area contributed by atoms with Gasteiger partial charge in [-0.05, 0) is 59.8 Å². The van der Waals surface area contributed by atoms with Crippen LogP contribution in [0.15, 0.2) is 94.4 Å². The zero-order chi connectivity index (χ0) is 24.4. The third-order valence-corrected chi connectivity index (χ3v) is 6.81. The molecule has 7 heteroatoms. The zero-order valence-electron chi connectivity index (χ0n) is 19.0. The molecule has 6 nitrogen and oxygen atoms in total. The predicted octanol–water partition coefficient (Wildman–Crippen LogP) is 5.85. The molecule has 3 heterocycles. The second-order valence-electron chi connectivity index (χ2n) is 8.28. The highest BCUT2D eigenvalue weighted by Gasteiger charge is 2.47. The van der Waals surface area contributed by atoms with Gasteiger partial charge in [-0.3, -0.25) is 9.59 Å². The Morgan fingerprint density at radius 2 is 1.89 bits per heavy atom. The zero-order valence-corrected chi connectivity index (χ0v) is 19.8. The lowest BCUT2D eigenvalue weighted by Crippen LogP contribution is -2.28. The maximum Gasteiger partial charge on any atom is 0.296 e. The predicted molar refractivity (Wildman–Crippen MR) is 133 cm³/mol. The van der Waals surface area contributed by atoms with Crippen LogP contribution in [0.1, 0.15) is 33.4 Å². The number of aryl methyl sites for hydroxylation is 1. The van der Waals surface area contributed by atoms with Gasteiger partial charge in [0.1, 0.15) is 29.9 Å². The van der Waals surface area contributed by atoms with Crippen LogP contribution in [0.2, 0.25) is 0 Å². The van der Waals surface area contributed by atoms with Crippen molar-refractivity contribution in [1.82, 2.24) is 4.90 Å². The first-order chi connectivity index (χ1) is 17.0. The number of hydrogen-bond acceptors (Lipinski definition) is 6. The van der Waals surface area contributed by atoms with E-state index in [1.165, 1.54) is 22.5 Å². The third kappa shape index (κ3) is 4.50. The summed E-state index contributed by atoms with van der Waals surface area (Å²) in [6, 6.07) is 21.4. The fourth-order valence-electron chi connectivity index (χ4n) is 4.21. The monoisotopic (exact) mass is 485 g/mol. The van der Waals surface area contributed by atoms with Gasteiger partial charge in [0, 0.05) is 10.4 Å². The summed E-state index contributed by atoms with van der Waals surface area (Å²) in [5.74, 6) is -0.549. The van der Waals surface area contributed by atoms with Crippen LogP contribution < -0.4 is 4.74 Å². The minimum absolute atomic E-state index is 0.0128. The van der Waals surface area contributed by atoms with Crippen molar-refractivity contribution in [3.63, 3.8) is 0 Å². The molecule has 0 aliphatic carbocycles. The number of aliphatic hydroxyl groups excluding tert-OH is 1. The number of furan rings is 1. The number of amides is 1. The molecule has 35 heavy (non-hydrogen) atoms. The highest BCUT2D eigenvalue weighted by atomic mass is 32.1. The van der Waals surface area contributed by atoms with Crippen molar-refractivity contribution in [2.45, 2.75) is 26.1 Å². The number of carbonyl (C=O) groups excluding carboxylic acids is 2. The molecule has 2 aromatic carbocycles. The number of Topliss-reactive ketones (excluding diaryl/α,β-unsaturated/α-hetero) is 1. The van der Waals surface area contributed by atoms with Gasteiger partial charge in [-0.15, -0.1) is 11.3 Å². The Bertz CT molecular complexity index is 1370. The molecule has 0 spiro atoms. The van der Waals surface area contributed by atoms with E-state index in [0.29, 0.717) is 23.7 Å². The minimum atomic E-state index is -0.818. The van der Waals surface area contributed by atoms with Crippen LogP contribution in [0.4, 0.5) is 0 Å². The van der Waals surface area contributed by atoms with Crippen molar-refractivity contribution in [2.24, 2.45) is 0 Å². The molecule has 1 aliphatic heterocycles. The van der Waals surface area contributed by atoms with Gasteiger partial charge in [0.25, 0.3) is 11.7 Å². The molecule has 5 rings (SSSR count). The van der Waals surface area contributed by atoms with Gasteiger partial charge in [-0.25, -0.2) is 0 Å². The number of carbonyl (C=O) groups is 2. The fourth-order valence-corrected chi connectivity index (χ4v) is 4.91. The Morgan fingerprint density at radius 1 is 1.06 bits per heavy atom. The van der Waals surface area contributed by atoms with Gasteiger partial charge in [-0.1, -0.05) is 36.4 Å². The van der Waals surface area contributed by atoms with Crippen molar-refractivity contribution in [1.29, 1.82) is 0 Å². The van der Waals surface area contributed by atoms with E-state index in [1.54, 1.807) is 30.3 Å². The van der Waals surface area contributed by atoms with Gasteiger partial charge in [0.15, 0.2) is 0 Å². The average Bonchev–Trinajstić information content (AvgIpc) is 3.63. The number of aliphatic hydroxyl groups is 1. The van der Waals surface area contributed by atoms with Crippen molar-refractivity contribution in [2.75, 3.05) is 0 Å². The summed E-state index contributed by atoms with van der Waals surface area (Å²) in [4.78, 5) is 28.5. The Balaban J connectivity index is 1.48. The first kappa shape index (κ1) is 22.7. The minimum Gasteiger partial charge on any atom is -0.507 e. The van der Waals surface area contributed by atoms with Crippen LogP contribution in [0.5, 0.6) is 5.75 Å². The van der Waals surface area contributed by atoms with Crippen LogP contribution >= 0.6 is 11.3 Å². The Morgan fingerprint density at radius 3 is 2.57 bits per heavy atom. The number of ketones is 1. The summed E-state index contributed by atoms with van der Waals surface area (Å²) in [5.41, 5.74) is 2.29. The van der Waals surface area contributed by atoms with Crippen LogP contribution in [0, 0.1) is 6.92 Å². The summed E-state index contributed by atoms with van der Waals surface area (Å²) in [7, 11) is 0. The quantitative estimate of drug-likeness (QED) is 0.202. The number of rotatable bonds is 7. The van der Waals surface area contributed by atoms with Crippen molar-refractivity contribution >= 4 is 28.8 Å². The fraction of sp³-hybridized carbons (Fsp3) is 0.143. The number of benzene rings is 2. The number of ether oxygens (including phenoxy) is 1. The first-order valence-electron chi connectivity index (χ1n) is 11.1. The molecule has 0 radical (unpaired) electrons. The second-order valence-corrected chi connectivity index (χ2v) is 9.31. The van der Waals surface area contributed by atoms with E-state index in [-0.39, 0.29) is 17.9 Å². The van der Waals surface area contributed by atoms with E-state index < -0.39 is 17.7 Å². The van der Waals surface area contributed by atoms with Crippen molar-refractivity contribution < 1.29 is 23.8 Å². The number of likely N-dealkylation sites (tertiary alicyclic amines) is 1. The summed E-state index contributed by atoms with van der Waals surface area (Å²) < 4.78 is 11.5. The van der Waals surface area contributed by atoms with E-state index in [0.717, 1.165) is 16.0 Å². The lowest BCUT2D eigenvalue weighted by Gasteiger charge is -2.22. The third-order valence-electron chi connectivity index (χ3n) is 5.94. The maximum atomic E-state index is 13.1. The second kappa shape index (κ2) is 9.64. The highest BCUT2D eigenvalue weighted by Crippen LogP contribution is 2.41. The topological polar surface area (TPSA) is 80.0 Å². The number of thiophene rings is 1. The van der Waals surface area contributed by atoms with Crippen molar-refractivity contribution in [3.8, 4) is 5.75 Å². The van der Waals surface area contributed by atoms with E-state index in [1.807, 2.05) is 54.8 Å². The van der Waals surface area contributed by atoms with Gasteiger partial charge < -0.3 is 19.2 Å². The first-order valence-corrected chi connectivity index (χ1v) is 12.0. The molecule has 1 unspecified atom stereocenters. The summed E-state index contributed by atoms with van der Waals surface area (Å²) in [6.07, 6.45) is 1.49. The van der Waals surface area contributed by atoms with E-state index in [4.69, 9.17) is 9.15 Å². The van der Waals surface area contributed by atoms with Gasteiger partial charge >= 0.3 is 0 Å². The summed E-state index contributed by atoms with van der Waals surface area (Å²) in [5, 5.41) is 13.2. The summed E-state index contributed by atoms with van der Waals surface area (Å²) in [6.45, 7) is 2.53. The SMILES string of the molecule is Cc1cc(/C(O)=C2/C(=O)C(=O)N(Cc3cccs3)C2c2ccco2)ccc1OCc1ccccc1. The molecule has 4 aromatic rings. The molecular weight excluding hydrogens is 462 g/mol. The average molecular weight is 486 g/mol. The van der Waals surface area contributed by atoms with E-state index in [2.05, 4.69) is 0 Å². The number of hydrogen-bond donors (Lipinski definition) is 1. The van der Waals surface area contributed by atoms with Gasteiger partial charge in [0.05, 0.1) is 18.4 Å². The lowest BCUT2D eigenvalue weighted by atomic mass is 9.98. The molecule has 1 aliphatic rings. The standard InChI is InChI=1S/C28H23NO5S/c1-18-15-20(11-12-22(18)34-17-19-7-3-2-4-8-19)26(30)24-25(23-10-5-13-33-23)29(28(32)27(24)31)16-21-9-6-14-35-21/h2-15,25,30H,16-17H2,1H3/b26-24-. The lowest BCUT2D eigenvalue weighted by molar-refractivity contribution is -0.140. The summed E-state index contributed by atoms with van der Waals surface area (Å²) >= 11 is 1.50. The van der Waals surface area contributed by atoms with Gasteiger partial charge in [-0.2, -0.15) is 0 Å². The van der Waals surface area contributed by atoms with Crippen LogP contribution in [-0.4, -0.2) is 21.7 Å². The molecule has 1 N–H and O–H groups in total. The molecule has 1 fully saturated rings. The molecule has 1 amide bonds. The van der Waals surface area contributed by atoms with Crippen LogP contribution in [0.3, 0.4) is 0 Å². The Hall–Kier alpha value is -4.10.